The number of carbonyl (C=O) groups is 3. The van der Waals surface area contributed by atoms with Gasteiger partial charge in [0, 0.05) is 24.6 Å². The fourth-order valence-electron chi connectivity index (χ4n) is 2.82. The van der Waals surface area contributed by atoms with Gasteiger partial charge >= 0.3 is 0 Å². The van der Waals surface area contributed by atoms with E-state index in [1.807, 2.05) is 27.7 Å². The molecule has 20 heavy (non-hydrogen) atoms. The van der Waals surface area contributed by atoms with Crippen LogP contribution in [-0.2, 0) is 14.4 Å². The molecule has 1 heterocycles. The molecule has 0 aromatic rings. The lowest BCUT2D eigenvalue weighted by molar-refractivity contribution is -0.144. The van der Waals surface area contributed by atoms with Gasteiger partial charge in [0.1, 0.15) is 0 Å². The Morgan fingerprint density at radius 1 is 1.15 bits per heavy atom. The van der Waals surface area contributed by atoms with Crippen LogP contribution in [0.5, 0.6) is 0 Å². The Labute approximate surface area is 120 Å². The van der Waals surface area contributed by atoms with Gasteiger partial charge in [-0.2, -0.15) is 0 Å². The van der Waals surface area contributed by atoms with E-state index in [2.05, 4.69) is 5.32 Å². The third-order valence-electron chi connectivity index (χ3n) is 4.14. The molecule has 1 N–H and O–H groups in total. The first kappa shape index (κ1) is 16.4. The van der Waals surface area contributed by atoms with Crippen molar-refractivity contribution >= 4 is 17.7 Å². The monoisotopic (exact) mass is 280 g/mol. The largest absolute Gasteiger partial charge is 0.351 e. The minimum atomic E-state index is -0.606. The van der Waals surface area contributed by atoms with Crippen LogP contribution in [0.25, 0.3) is 0 Å². The van der Waals surface area contributed by atoms with Crippen molar-refractivity contribution in [3.8, 4) is 0 Å². The van der Waals surface area contributed by atoms with Gasteiger partial charge in [-0.1, -0.05) is 13.8 Å². The van der Waals surface area contributed by atoms with Crippen LogP contribution in [0.15, 0.2) is 12.2 Å². The molecule has 5 heteroatoms. The molecular formula is C15H24N2O3. The highest BCUT2D eigenvalue weighted by Crippen LogP contribution is 2.33. The number of amides is 3. The molecule has 0 aliphatic carbocycles. The molecule has 0 spiro atoms. The number of rotatable bonds is 6. The average Bonchev–Trinajstić information content (AvgIpc) is 2.68. The number of nitrogens with zero attached hydrogens (tertiary/aromatic N) is 1. The summed E-state index contributed by atoms with van der Waals surface area (Å²) < 4.78 is 0. The molecule has 1 rings (SSSR count). The second-order valence-electron chi connectivity index (χ2n) is 5.97. The Bertz CT molecular complexity index is 440. The lowest BCUT2D eigenvalue weighted by Crippen LogP contribution is -2.57. The lowest BCUT2D eigenvalue weighted by Gasteiger charge is -2.43. The summed E-state index contributed by atoms with van der Waals surface area (Å²) in [6, 6.07) is 0. The summed E-state index contributed by atoms with van der Waals surface area (Å²) >= 11 is 0. The quantitative estimate of drug-likeness (QED) is 0.754. The fourth-order valence-corrected chi connectivity index (χ4v) is 2.82. The highest BCUT2D eigenvalue weighted by atomic mass is 16.2. The van der Waals surface area contributed by atoms with Crippen molar-refractivity contribution in [2.45, 2.75) is 65.0 Å². The Morgan fingerprint density at radius 2 is 1.65 bits per heavy atom. The average molecular weight is 280 g/mol. The van der Waals surface area contributed by atoms with E-state index in [-0.39, 0.29) is 17.7 Å². The molecule has 0 aromatic carbocycles. The van der Waals surface area contributed by atoms with E-state index < -0.39 is 11.1 Å². The SMILES string of the molecule is CCC(C)(CC(C)(CC)N1C(=O)C=CC1=O)NC(C)=O. The maximum Gasteiger partial charge on any atom is 0.254 e. The van der Waals surface area contributed by atoms with Crippen LogP contribution in [0.3, 0.4) is 0 Å². The van der Waals surface area contributed by atoms with E-state index >= 15 is 0 Å². The smallest absolute Gasteiger partial charge is 0.254 e. The van der Waals surface area contributed by atoms with Crippen molar-refractivity contribution in [2.24, 2.45) is 0 Å². The summed E-state index contributed by atoms with van der Waals surface area (Å²) in [4.78, 5) is 36.5. The number of imide groups is 1. The molecule has 0 aromatic heterocycles. The number of carbonyl (C=O) groups excluding carboxylic acids is 3. The van der Waals surface area contributed by atoms with Gasteiger partial charge in [-0.3, -0.25) is 19.3 Å². The molecule has 1 aliphatic rings. The van der Waals surface area contributed by atoms with Gasteiger partial charge in [-0.15, -0.1) is 0 Å². The van der Waals surface area contributed by atoms with Crippen LogP contribution in [0.4, 0.5) is 0 Å². The van der Waals surface area contributed by atoms with Crippen LogP contribution in [0.1, 0.15) is 53.9 Å². The van der Waals surface area contributed by atoms with Crippen molar-refractivity contribution in [3.05, 3.63) is 12.2 Å². The summed E-state index contributed by atoms with van der Waals surface area (Å²) in [5.74, 6) is -0.661. The number of hydrogen-bond donors (Lipinski definition) is 1. The zero-order valence-corrected chi connectivity index (χ0v) is 12.9. The molecule has 0 radical (unpaired) electrons. The van der Waals surface area contributed by atoms with Gasteiger partial charge in [0.15, 0.2) is 0 Å². The van der Waals surface area contributed by atoms with Crippen LogP contribution in [-0.4, -0.2) is 33.7 Å². The van der Waals surface area contributed by atoms with E-state index in [4.69, 9.17) is 0 Å². The highest BCUT2D eigenvalue weighted by molar-refractivity contribution is 6.13. The molecule has 5 nitrogen and oxygen atoms in total. The van der Waals surface area contributed by atoms with Crippen molar-refractivity contribution in [1.29, 1.82) is 0 Å². The second-order valence-corrected chi connectivity index (χ2v) is 5.97. The van der Waals surface area contributed by atoms with Crippen molar-refractivity contribution in [2.75, 3.05) is 0 Å². The molecule has 0 fully saturated rings. The topological polar surface area (TPSA) is 66.5 Å². The fraction of sp³-hybridized carbons (Fsp3) is 0.667. The summed E-state index contributed by atoms with van der Waals surface area (Å²) in [7, 11) is 0. The lowest BCUT2D eigenvalue weighted by atomic mass is 9.79. The minimum absolute atomic E-state index is 0.106. The van der Waals surface area contributed by atoms with Crippen molar-refractivity contribution in [3.63, 3.8) is 0 Å². The molecule has 112 valence electrons. The third kappa shape index (κ3) is 3.26. The van der Waals surface area contributed by atoms with Crippen LogP contribution in [0, 0.1) is 0 Å². The molecule has 0 saturated heterocycles. The Kier molecular flexibility index (Phi) is 4.73. The van der Waals surface area contributed by atoms with E-state index in [1.54, 1.807) is 0 Å². The first-order valence-electron chi connectivity index (χ1n) is 7.02. The van der Waals surface area contributed by atoms with Crippen molar-refractivity contribution in [1.82, 2.24) is 10.2 Å². The zero-order valence-electron chi connectivity index (χ0n) is 12.9. The van der Waals surface area contributed by atoms with Crippen LogP contribution < -0.4 is 5.32 Å². The maximum absolute atomic E-state index is 11.9. The molecule has 3 amide bonds. The summed E-state index contributed by atoms with van der Waals surface area (Å²) in [6.45, 7) is 9.25. The highest BCUT2D eigenvalue weighted by Gasteiger charge is 2.43. The van der Waals surface area contributed by atoms with E-state index in [0.717, 1.165) is 6.42 Å². The van der Waals surface area contributed by atoms with Crippen LogP contribution >= 0.6 is 0 Å². The molecular weight excluding hydrogens is 256 g/mol. The predicted octanol–water partition coefficient (Wildman–Crippen LogP) is 1.77. The molecule has 2 unspecified atom stereocenters. The first-order chi connectivity index (χ1) is 9.17. The standard InChI is InChI=1S/C15H24N2O3/c1-6-14(4,16-11(3)18)10-15(5,7-2)17-12(19)8-9-13(17)20/h8-9H,6-7,10H2,1-5H3,(H,16,18). The van der Waals surface area contributed by atoms with Gasteiger partial charge in [0.2, 0.25) is 5.91 Å². The van der Waals surface area contributed by atoms with Gasteiger partial charge < -0.3 is 5.32 Å². The normalized spacial score (nSPS) is 20.8. The Hall–Kier alpha value is -1.65. The predicted molar refractivity (Wildman–Crippen MR) is 76.8 cm³/mol. The van der Waals surface area contributed by atoms with Gasteiger partial charge in [0.25, 0.3) is 11.8 Å². The molecule has 1 aliphatic heterocycles. The Morgan fingerprint density at radius 3 is 2.00 bits per heavy atom. The van der Waals surface area contributed by atoms with E-state index in [0.29, 0.717) is 12.8 Å². The first-order valence-corrected chi connectivity index (χ1v) is 7.02. The van der Waals surface area contributed by atoms with E-state index in [1.165, 1.54) is 24.0 Å². The number of hydrogen-bond acceptors (Lipinski definition) is 3. The Balaban J connectivity index is 3.02. The van der Waals surface area contributed by atoms with Gasteiger partial charge in [-0.25, -0.2) is 0 Å². The second kappa shape index (κ2) is 5.77. The third-order valence-corrected chi connectivity index (χ3v) is 4.14. The van der Waals surface area contributed by atoms with E-state index in [9.17, 15) is 14.4 Å². The number of nitrogens with one attached hydrogen (secondary N) is 1. The summed E-state index contributed by atoms with van der Waals surface area (Å²) in [5.41, 5.74) is -1.05. The van der Waals surface area contributed by atoms with Gasteiger partial charge in [0.05, 0.1) is 5.54 Å². The summed E-state index contributed by atoms with van der Waals surface area (Å²) in [5, 5.41) is 2.94. The molecule has 0 bridgehead atoms. The molecule has 2 atom stereocenters. The van der Waals surface area contributed by atoms with Crippen molar-refractivity contribution < 1.29 is 14.4 Å². The molecule has 0 saturated carbocycles. The minimum Gasteiger partial charge on any atom is -0.351 e. The van der Waals surface area contributed by atoms with Gasteiger partial charge in [-0.05, 0) is 33.1 Å². The zero-order chi connectivity index (χ0) is 15.6. The van der Waals surface area contributed by atoms with Crippen LogP contribution in [0.2, 0.25) is 0 Å². The summed E-state index contributed by atoms with van der Waals surface area (Å²) in [6.07, 6.45) is 4.51. The maximum atomic E-state index is 11.9.